The fraction of sp³-hybridized carbons (Fsp3) is 0.143. The van der Waals surface area contributed by atoms with Gasteiger partial charge in [-0.3, -0.25) is 9.59 Å². The number of rotatable bonds is 2. The first-order valence-electron chi connectivity index (χ1n) is 3.66. The molecule has 0 aromatic rings. The molecule has 10 nitrogen and oxygen atoms in total. The van der Waals surface area contributed by atoms with Crippen molar-refractivity contribution in [2.75, 3.05) is 0 Å². The third kappa shape index (κ3) is 10.8. The van der Waals surface area contributed by atoms with E-state index in [4.69, 9.17) is 0 Å². The fourth-order valence-corrected chi connectivity index (χ4v) is 0.480. The van der Waals surface area contributed by atoms with Crippen LogP contribution in [-0.2, 0) is 38.2 Å². The minimum atomic E-state index is -2.32. The van der Waals surface area contributed by atoms with E-state index in [1.54, 1.807) is 0 Å². The molecule has 12 heteroatoms. The summed E-state index contributed by atoms with van der Waals surface area (Å²) in [5, 5.41) is 19.6. The zero-order valence-corrected chi connectivity index (χ0v) is 13.8. The van der Waals surface area contributed by atoms with Crippen LogP contribution < -0.4 is 69.3 Å². The van der Waals surface area contributed by atoms with Gasteiger partial charge in [0.15, 0.2) is 11.9 Å². The van der Waals surface area contributed by atoms with Gasteiger partial charge < -0.3 is 29.3 Å². The molecule has 0 atom stereocenters. The average Bonchev–Trinajstić information content (AvgIpc) is 2.16. The first kappa shape index (κ1) is 23.3. The molecule has 0 radical (unpaired) electrons. The van der Waals surface area contributed by atoms with Crippen LogP contribution in [0.4, 0.5) is 0 Å². The summed E-state index contributed by atoms with van der Waals surface area (Å²) in [6.07, 6.45) is -1.34. The van der Waals surface area contributed by atoms with Crippen molar-refractivity contribution in [1.82, 2.24) is 0 Å². The third-order valence-electron chi connectivity index (χ3n) is 1.04. The van der Waals surface area contributed by atoms with Crippen molar-refractivity contribution in [3.05, 3.63) is 0 Å². The Morgan fingerprint density at radius 1 is 0.684 bits per heavy atom. The van der Waals surface area contributed by atoms with Crippen molar-refractivity contribution >= 4 is 35.8 Å². The molecule has 0 N–H and O–H groups in total. The predicted molar refractivity (Wildman–Crippen MR) is 36.8 cm³/mol. The number of aliphatic carboxylic acids is 2. The van der Waals surface area contributed by atoms with Crippen molar-refractivity contribution in [2.24, 2.45) is 0 Å². The van der Waals surface area contributed by atoms with E-state index in [-0.39, 0.29) is 59.1 Å². The topological polar surface area (TPSA) is 167 Å². The second kappa shape index (κ2) is 11.1. The van der Waals surface area contributed by atoms with Crippen molar-refractivity contribution in [3.8, 4) is 0 Å². The Balaban J connectivity index is -0.00000128. The summed E-state index contributed by atoms with van der Waals surface area (Å²) in [5.74, 6) is -12.1. The van der Waals surface area contributed by atoms with Crippen LogP contribution in [0.1, 0.15) is 6.42 Å². The standard InChI is InChI=1S/C7H4O10.2Na/c8-2(16-6(14)4(10)11)1-3(9)17-7(15)5(12)13;;/h1H2,(H,10,11)(H,12,13);;/q;2*+1/p-2. The van der Waals surface area contributed by atoms with Gasteiger partial charge in [0.25, 0.3) is 0 Å². The van der Waals surface area contributed by atoms with Gasteiger partial charge in [0.05, 0.1) is 0 Å². The monoisotopic (exact) mass is 292 g/mol. The molecule has 0 saturated carbocycles. The maximum atomic E-state index is 10.6. The Kier molecular flexibility index (Phi) is 13.6. The van der Waals surface area contributed by atoms with Crippen LogP contribution in [0.3, 0.4) is 0 Å². The number of carboxylic acids is 2. The number of ether oxygens (including phenoxy) is 2. The van der Waals surface area contributed by atoms with Gasteiger partial charge in [-0.15, -0.1) is 0 Å². The molecular weight excluding hydrogens is 290 g/mol. The van der Waals surface area contributed by atoms with Gasteiger partial charge in [0.2, 0.25) is 0 Å². The zero-order chi connectivity index (χ0) is 13.6. The van der Waals surface area contributed by atoms with Crippen LogP contribution in [0.2, 0.25) is 0 Å². The first-order chi connectivity index (χ1) is 7.73. The average molecular weight is 292 g/mol. The van der Waals surface area contributed by atoms with Gasteiger partial charge in [-0.2, -0.15) is 0 Å². The molecule has 19 heavy (non-hydrogen) atoms. The maximum Gasteiger partial charge on any atom is 1.00 e. The van der Waals surface area contributed by atoms with E-state index in [0.717, 1.165) is 0 Å². The van der Waals surface area contributed by atoms with Crippen LogP contribution >= 0.6 is 0 Å². The molecule has 0 saturated heterocycles. The predicted octanol–water partition coefficient (Wildman–Crippen LogP) is -11.0. The molecule has 0 aliphatic carbocycles. The molecule has 0 rings (SSSR count). The molecule has 0 aromatic carbocycles. The summed E-state index contributed by atoms with van der Waals surface area (Å²) < 4.78 is 7.02. The van der Waals surface area contributed by atoms with E-state index >= 15 is 0 Å². The normalized spacial score (nSPS) is 8.00. The minimum absolute atomic E-state index is 0. The largest absolute Gasteiger partial charge is 1.00 e. The second-order valence-electron chi connectivity index (χ2n) is 2.27. The Bertz CT molecular complexity index is 376. The van der Waals surface area contributed by atoms with Crippen molar-refractivity contribution in [3.63, 3.8) is 0 Å². The van der Waals surface area contributed by atoms with Crippen molar-refractivity contribution < 1.29 is 108 Å². The van der Waals surface area contributed by atoms with E-state index < -0.39 is 42.2 Å². The van der Waals surface area contributed by atoms with Gasteiger partial charge in [-0.1, -0.05) is 0 Å². The summed E-state index contributed by atoms with van der Waals surface area (Å²) >= 11 is 0. The Labute approximate surface area is 149 Å². The molecule has 0 spiro atoms. The Hall–Kier alpha value is -0.780. The summed E-state index contributed by atoms with van der Waals surface area (Å²) in [5.41, 5.74) is 0. The molecule has 0 aromatic heterocycles. The van der Waals surface area contributed by atoms with E-state index in [1.807, 2.05) is 0 Å². The number of carbonyl (C=O) groups is 6. The van der Waals surface area contributed by atoms with Gasteiger partial charge in [0, 0.05) is 0 Å². The van der Waals surface area contributed by atoms with E-state index in [1.165, 1.54) is 0 Å². The summed E-state index contributed by atoms with van der Waals surface area (Å²) in [6.45, 7) is 0. The number of esters is 4. The van der Waals surface area contributed by atoms with Gasteiger partial charge in [-0.05, 0) is 0 Å². The molecule has 0 unspecified atom stereocenters. The SMILES string of the molecule is O=C(CC(=O)OC(=O)C(=O)[O-])OC(=O)C(=O)[O-].[Na+].[Na+]. The smallest absolute Gasteiger partial charge is 0.539 e. The minimum Gasteiger partial charge on any atom is -0.539 e. The number of carbonyl (C=O) groups excluding carboxylic acids is 6. The third-order valence-corrected chi connectivity index (χ3v) is 1.04. The summed E-state index contributed by atoms with van der Waals surface area (Å²) in [4.78, 5) is 61.3. The van der Waals surface area contributed by atoms with Gasteiger partial charge >= 0.3 is 83.0 Å². The second-order valence-corrected chi connectivity index (χ2v) is 2.27. The number of hydrogen-bond donors (Lipinski definition) is 0. The first-order valence-corrected chi connectivity index (χ1v) is 3.66. The van der Waals surface area contributed by atoms with Gasteiger partial charge in [-0.25, -0.2) is 9.59 Å². The molecule has 0 aliphatic heterocycles. The molecule has 0 bridgehead atoms. The summed E-state index contributed by atoms with van der Waals surface area (Å²) in [6, 6.07) is 0. The summed E-state index contributed by atoms with van der Waals surface area (Å²) in [7, 11) is 0. The van der Waals surface area contributed by atoms with Crippen molar-refractivity contribution in [2.45, 2.75) is 6.42 Å². The molecule has 0 aliphatic rings. The van der Waals surface area contributed by atoms with Crippen LogP contribution in [0.15, 0.2) is 0 Å². The van der Waals surface area contributed by atoms with Gasteiger partial charge in [0.1, 0.15) is 6.42 Å². The van der Waals surface area contributed by atoms with Crippen LogP contribution in [0.5, 0.6) is 0 Å². The van der Waals surface area contributed by atoms with Crippen LogP contribution in [-0.4, -0.2) is 35.8 Å². The maximum absolute atomic E-state index is 10.6. The molecular formula is C7H2Na2O10. The molecule has 0 fully saturated rings. The Morgan fingerprint density at radius 3 is 1.16 bits per heavy atom. The van der Waals surface area contributed by atoms with E-state index in [2.05, 4.69) is 9.47 Å². The number of carboxylic acid groups (broad SMARTS) is 2. The van der Waals surface area contributed by atoms with E-state index in [9.17, 15) is 39.0 Å². The van der Waals surface area contributed by atoms with Crippen molar-refractivity contribution in [1.29, 1.82) is 0 Å². The zero-order valence-electron chi connectivity index (χ0n) is 9.79. The fourth-order valence-electron chi connectivity index (χ4n) is 0.480. The van der Waals surface area contributed by atoms with E-state index in [0.29, 0.717) is 0 Å². The molecule has 0 heterocycles. The molecule has 92 valence electrons. The quantitative estimate of drug-likeness (QED) is 0.206. The molecule has 0 amide bonds. The number of hydrogen-bond acceptors (Lipinski definition) is 10. The Morgan fingerprint density at radius 2 is 0.947 bits per heavy atom. The van der Waals surface area contributed by atoms with Crippen LogP contribution in [0.25, 0.3) is 0 Å². The van der Waals surface area contributed by atoms with Crippen LogP contribution in [0, 0.1) is 0 Å².